The Morgan fingerprint density at radius 1 is 1.44 bits per heavy atom. The molecule has 3 rings (SSSR count). The molecule has 0 aromatic heterocycles. The summed E-state index contributed by atoms with van der Waals surface area (Å²) in [6.45, 7) is 0.894. The van der Waals surface area contributed by atoms with Crippen LogP contribution in [-0.2, 0) is 11.2 Å². The molecule has 4 heteroatoms. The summed E-state index contributed by atoms with van der Waals surface area (Å²) in [5, 5.41) is 9.06. The van der Waals surface area contributed by atoms with Gasteiger partial charge in [-0.25, -0.2) is 4.79 Å². The molecule has 1 aromatic carbocycles. The molecule has 1 N–H and O–H groups in total. The van der Waals surface area contributed by atoms with Gasteiger partial charge in [-0.05, 0) is 11.6 Å². The molecular formula is C12H11NO2S. The van der Waals surface area contributed by atoms with Gasteiger partial charge in [0.1, 0.15) is 0 Å². The maximum atomic E-state index is 11.0. The van der Waals surface area contributed by atoms with E-state index in [-0.39, 0.29) is 0 Å². The number of para-hydroxylation sites is 1. The van der Waals surface area contributed by atoms with E-state index in [1.807, 2.05) is 23.9 Å². The number of hydrogen-bond acceptors (Lipinski definition) is 3. The Morgan fingerprint density at radius 2 is 2.31 bits per heavy atom. The lowest BCUT2D eigenvalue weighted by Gasteiger charge is -2.33. The zero-order chi connectivity index (χ0) is 11.1. The smallest absolute Gasteiger partial charge is 0.333 e. The van der Waals surface area contributed by atoms with Crippen molar-refractivity contribution >= 4 is 23.4 Å². The van der Waals surface area contributed by atoms with Gasteiger partial charge in [-0.3, -0.25) is 0 Å². The number of benzene rings is 1. The van der Waals surface area contributed by atoms with Crippen molar-refractivity contribution in [3.8, 4) is 0 Å². The van der Waals surface area contributed by atoms with Crippen LogP contribution in [0, 0.1) is 0 Å². The second kappa shape index (κ2) is 3.56. The van der Waals surface area contributed by atoms with Gasteiger partial charge in [0, 0.05) is 29.8 Å². The fraction of sp³-hybridized carbons (Fsp3) is 0.250. The summed E-state index contributed by atoms with van der Waals surface area (Å²) in [4.78, 5) is 14.4. The predicted octanol–water partition coefficient (Wildman–Crippen LogP) is 2.12. The van der Waals surface area contributed by atoms with Crippen molar-refractivity contribution in [2.75, 3.05) is 17.2 Å². The number of aliphatic carboxylic acids is 1. The maximum Gasteiger partial charge on any atom is 0.333 e. The molecular weight excluding hydrogens is 222 g/mol. The van der Waals surface area contributed by atoms with Crippen LogP contribution in [0.2, 0.25) is 0 Å². The van der Waals surface area contributed by atoms with Crippen LogP contribution in [0.3, 0.4) is 0 Å². The standard InChI is InChI=1S/C12H11NO2S/c14-12(15)9-6-8-2-1-3-10-11(8)13(7-9)4-5-16-10/h1-3,7H,4-6H2,(H,14,15). The molecule has 0 saturated heterocycles. The minimum absolute atomic E-state index is 0.483. The highest BCUT2D eigenvalue weighted by atomic mass is 32.2. The molecule has 0 spiro atoms. The summed E-state index contributed by atoms with van der Waals surface area (Å²) in [7, 11) is 0. The van der Waals surface area contributed by atoms with Gasteiger partial charge in [0.25, 0.3) is 0 Å². The van der Waals surface area contributed by atoms with Crippen molar-refractivity contribution in [1.82, 2.24) is 0 Å². The molecule has 0 saturated carbocycles. The monoisotopic (exact) mass is 233 g/mol. The Bertz CT molecular complexity index is 496. The molecule has 0 bridgehead atoms. The highest BCUT2D eigenvalue weighted by Crippen LogP contribution is 2.40. The van der Waals surface area contributed by atoms with E-state index in [0.717, 1.165) is 17.9 Å². The third kappa shape index (κ3) is 1.41. The average molecular weight is 233 g/mol. The summed E-state index contributed by atoms with van der Waals surface area (Å²) in [5.74, 6) is 0.203. The SMILES string of the molecule is O=C(O)C1=CN2CCSc3cccc(c32)C1. The Balaban J connectivity index is 2.13. The summed E-state index contributed by atoms with van der Waals surface area (Å²) >= 11 is 1.85. The van der Waals surface area contributed by atoms with Gasteiger partial charge in [0.2, 0.25) is 0 Å². The number of nitrogens with zero attached hydrogens (tertiary/aromatic N) is 1. The van der Waals surface area contributed by atoms with Crippen molar-refractivity contribution < 1.29 is 9.90 Å². The molecule has 0 atom stereocenters. The van der Waals surface area contributed by atoms with Crippen LogP contribution in [0.25, 0.3) is 0 Å². The first-order valence-electron chi connectivity index (χ1n) is 5.21. The predicted molar refractivity (Wildman–Crippen MR) is 63.9 cm³/mol. The lowest BCUT2D eigenvalue weighted by molar-refractivity contribution is -0.132. The molecule has 0 amide bonds. The van der Waals surface area contributed by atoms with E-state index in [1.165, 1.54) is 10.6 Å². The van der Waals surface area contributed by atoms with Crippen LogP contribution >= 0.6 is 11.8 Å². The van der Waals surface area contributed by atoms with E-state index in [2.05, 4.69) is 11.0 Å². The molecule has 16 heavy (non-hydrogen) atoms. The molecule has 3 nitrogen and oxygen atoms in total. The molecule has 2 aliphatic heterocycles. The summed E-state index contributed by atoms with van der Waals surface area (Å²) in [6, 6.07) is 6.14. The third-order valence-corrected chi connectivity index (χ3v) is 3.95. The number of anilines is 1. The Labute approximate surface area is 97.8 Å². The van der Waals surface area contributed by atoms with E-state index < -0.39 is 5.97 Å². The van der Waals surface area contributed by atoms with Crippen molar-refractivity contribution in [2.45, 2.75) is 11.3 Å². The topological polar surface area (TPSA) is 40.5 Å². The van der Waals surface area contributed by atoms with Gasteiger partial charge >= 0.3 is 5.97 Å². The number of carbonyl (C=O) groups is 1. The molecule has 2 aliphatic rings. The van der Waals surface area contributed by atoms with E-state index in [9.17, 15) is 4.79 Å². The number of carboxylic acids is 1. The normalized spacial score (nSPS) is 17.8. The Kier molecular flexibility index (Phi) is 2.17. The third-order valence-electron chi connectivity index (χ3n) is 2.93. The van der Waals surface area contributed by atoms with E-state index in [4.69, 9.17) is 5.11 Å². The van der Waals surface area contributed by atoms with Crippen LogP contribution in [0.5, 0.6) is 0 Å². The largest absolute Gasteiger partial charge is 0.478 e. The Morgan fingerprint density at radius 3 is 3.12 bits per heavy atom. The summed E-state index contributed by atoms with van der Waals surface area (Å²) in [6.07, 6.45) is 2.32. The fourth-order valence-electron chi connectivity index (χ4n) is 2.22. The van der Waals surface area contributed by atoms with Gasteiger partial charge < -0.3 is 10.0 Å². The summed E-state index contributed by atoms with van der Waals surface area (Å²) < 4.78 is 0. The quantitative estimate of drug-likeness (QED) is 0.806. The first kappa shape index (κ1) is 9.78. The molecule has 0 aliphatic carbocycles. The van der Waals surface area contributed by atoms with Gasteiger partial charge in [0.05, 0.1) is 11.3 Å². The zero-order valence-electron chi connectivity index (χ0n) is 8.64. The number of thioether (sulfide) groups is 1. The van der Waals surface area contributed by atoms with Gasteiger partial charge in [-0.2, -0.15) is 0 Å². The lowest BCUT2D eigenvalue weighted by atomic mass is 9.99. The fourth-order valence-corrected chi connectivity index (χ4v) is 3.29. The van der Waals surface area contributed by atoms with Crippen LogP contribution in [-0.4, -0.2) is 23.4 Å². The number of rotatable bonds is 1. The van der Waals surface area contributed by atoms with Crippen molar-refractivity contribution in [2.24, 2.45) is 0 Å². The second-order valence-electron chi connectivity index (χ2n) is 3.94. The van der Waals surface area contributed by atoms with E-state index in [0.29, 0.717) is 12.0 Å². The molecule has 2 heterocycles. The highest BCUT2D eigenvalue weighted by molar-refractivity contribution is 7.99. The first-order chi connectivity index (χ1) is 7.75. The molecule has 0 radical (unpaired) electrons. The average Bonchev–Trinajstić information content (AvgIpc) is 2.29. The van der Waals surface area contributed by atoms with Crippen LogP contribution in [0.4, 0.5) is 5.69 Å². The second-order valence-corrected chi connectivity index (χ2v) is 5.08. The van der Waals surface area contributed by atoms with Gasteiger partial charge in [0.15, 0.2) is 0 Å². The molecule has 0 unspecified atom stereocenters. The van der Waals surface area contributed by atoms with Crippen molar-refractivity contribution in [3.05, 3.63) is 35.5 Å². The molecule has 82 valence electrons. The van der Waals surface area contributed by atoms with Crippen LogP contribution in [0.15, 0.2) is 34.9 Å². The minimum atomic E-state index is -0.811. The minimum Gasteiger partial charge on any atom is -0.478 e. The van der Waals surface area contributed by atoms with E-state index in [1.54, 1.807) is 6.20 Å². The van der Waals surface area contributed by atoms with Crippen LogP contribution < -0.4 is 4.90 Å². The lowest BCUT2D eigenvalue weighted by Crippen LogP contribution is -2.29. The summed E-state index contributed by atoms with van der Waals surface area (Å²) in [5.41, 5.74) is 2.82. The van der Waals surface area contributed by atoms with Crippen molar-refractivity contribution in [3.63, 3.8) is 0 Å². The maximum absolute atomic E-state index is 11.0. The van der Waals surface area contributed by atoms with Gasteiger partial charge in [-0.15, -0.1) is 11.8 Å². The van der Waals surface area contributed by atoms with Crippen LogP contribution in [0.1, 0.15) is 5.56 Å². The molecule has 0 fully saturated rings. The zero-order valence-corrected chi connectivity index (χ0v) is 9.46. The highest BCUT2D eigenvalue weighted by Gasteiger charge is 2.25. The van der Waals surface area contributed by atoms with Crippen molar-refractivity contribution in [1.29, 1.82) is 0 Å². The molecule has 1 aromatic rings. The van der Waals surface area contributed by atoms with Gasteiger partial charge in [-0.1, -0.05) is 12.1 Å². The van der Waals surface area contributed by atoms with E-state index >= 15 is 0 Å². The number of hydrogen-bond donors (Lipinski definition) is 1. The number of carboxylic acid groups (broad SMARTS) is 1. The Hall–Kier alpha value is -1.42. The first-order valence-corrected chi connectivity index (χ1v) is 6.19.